The average Bonchev–Trinajstić information content (AvgIpc) is 3.29. The second-order valence-electron chi connectivity index (χ2n) is 7.69. The lowest BCUT2D eigenvalue weighted by Crippen LogP contribution is -2.37. The van der Waals surface area contributed by atoms with Crippen LogP contribution in [0.2, 0.25) is 0 Å². The van der Waals surface area contributed by atoms with E-state index in [1.165, 1.54) is 5.56 Å². The minimum atomic E-state index is -0.0641. The SMILES string of the molecule is O=C(NCCc1ccccc1)c1cccc(OC2CCN(Cc3ccn[nH]3)CC2)c1. The number of aromatic nitrogens is 2. The zero-order chi connectivity index (χ0) is 20.6. The maximum atomic E-state index is 12.5. The zero-order valence-electron chi connectivity index (χ0n) is 17.1. The second-order valence-corrected chi connectivity index (χ2v) is 7.69. The molecule has 0 spiro atoms. The van der Waals surface area contributed by atoms with Crippen molar-refractivity contribution < 1.29 is 9.53 Å². The molecule has 1 aliphatic rings. The number of nitrogens with zero attached hydrogens (tertiary/aromatic N) is 2. The summed E-state index contributed by atoms with van der Waals surface area (Å²) in [5.74, 6) is 0.698. The maximum Gasteiger partial charge on any atom is 0.251 e. The fourth-order valence-electron chi connectivity index (χ4n) is 3.77. The number of piperidine rings is 1. The standard InChI is InChI=1S/C24H28N4O2/c29-24(25-13-9-19-5-2-1-3-6-19)20-7-4-8-23(17-20)30-22-11-15-28(16-12-22)18-21-10-14-26-27-21/h1-8,10,14,17,22H,9,11-13,15-16,18H2,(H,25,29)(H,26,27). The van der Waals surface area contributed by atoms with Crippen molar-refractivity contribution in [3.63, 3.8) is 0 Å². The Hall–Kier alpha value is -3.12. The van der Waals surface area contributed by atoms with Crippen LogP contribution >= 0.6 is 0 Å². The fraction of sp³-hybridized carbons (Fsp3) is 0.333. The van der Waals surface area contributed by atoms with Crippen molar-refractivity contribution in [3.8, 4) is 5.75 Å². The number of benzene rings is 2. The van der Waals surface area contributed by atoms with Gasteiger partial charge in [-0.25, -0.2) is 0 Å². The predicted octanol–water partition coefficient (Wildman–Crippen LogP) is 3.43. The van der Waals surface area contributed by atoms with Gasteiger partial charge in [0.05, 0.1) is 0 Å². The largest absolute Gasteiger partial charge is 0.490 e. The van der Waals surface area contributed by atoms with Crippen molar-refractivity contribution in [2.75, 3.05) is 19.6 Å². The molecule has 0 saturated carbocycles. The summed E-state index contributed by atoms with van der Waals surface area (Å²) in [6, 6.07) is 19.7. The van der Waals surface area contributed by atoms with Crippen LogP contribution in [0.15, 0.2) is 66.9 Å². The van der Waals surface area contributed by atoms with Gasteiger partial charge in [-0.1, -0.05) is 36.4 Å². The summed E-state index contributed by atoms with van der Waals surface area (Å²) in [6.07, 6.45) is 4.73. The lowest BCUT2D eigenvalue weighted by Gasteiger charge is -2.31. The second kappa shape index (κ2) is 10.1. The molecule has 0 atom stereocenters. The van der Waals surface area contributed by atoms with Crippen LogP contribution in [-0.2, 0) is 13.0 Å². The van der Waals surface area contributed by atoms with E-state index in [2.05, 4.69) is 32.5 Å². The summed E-state index contributed by atoms with van der Waals surface area (Å²) in [4.78, 5) is 14.9. The van der Waals surface area contributed by atoms with E-state index in [9.17, 15) is 4.79 Å². The summed E-state index contributed by atoms with van der Waals surface area (Å²) < 4.78 is 6.18. The first-order chi connectivity index (χ1) is 14.8. The van der Waals surface area contributed by atoms with E-state index in [4.69, 9.17) is 4.74 Å². The van der Waals surface area contributed by atoms with Crippen LogP contribution in [0.4, 0.5) is 0 Å². The Kier molecular flexibility index (Phi) is 6.77. The molecule has 156 valence electrons. The summed E-state index contributed by atoms with van der Waals surface area (Å²) >= 11 is 0. The van der Waals surface area contributed by atoms with Gasteiger partial charge in [0.1, 0.15) is 11.9 Å². The highest BCUT2D eigenvalue weighted by molar-refractivity contribution is 5.94. The zero-order valence-corrected chi connectivity index (χ0v) is 17.1. The Morgan fingerprint density at radius 2 is 1.93 bits per heavy atom. The highest BCUT2D eigenvalue weighted by Crippen LogP contribution is 2.21. The Morgan fingerprint density at radius 1 is 1.10 bits per heavy atom. The Morgan fingerprint density at radius 3 is 2.70 bits per heavy atom. The molecule has 1 amide bonds. The number of nitrogens with one attached hydrogen (secondary N) is 2. The number of H-pyrrole nitrogens is 1. The number of rotatable bonds is 8. The molecule has 2 N–H and O–H groups in total. The molecule has 2 aromatic carbocycles. The molecule has 1 saturated heterocycles. The molecule has 0 unspecified atom stereocenters. The van der Waals surface area contributed by atoms with Crippen LogP contribution in [0.5, 0.6) is 5.75 Å². The first-order valence-electron chi connectivity index (χ1n) is 10.6. The fourth-order valence-corrected chi connectivity index (χ4v) is 3.77. The molecular weight excluding hydrogens is 376 g/mol. The van der Waals surface area contributed by atoms with E-state index in [1.807, 2.05) is 48.5 Å². The molecule has 1 aromatic heterocycles. The van der Waals surface area contributed by atoms with E-state index >= 15 is 0 Å². The molecule has 0 aliphatic carbocycles. The molecule has 1 fully saturated rings. The summed E-state index contributed by atoms with van der Waals surface area (Å²) in [7, 11) is 0. The number of aromatic amines is 1. The Bertz CT molecular complexity index is 919. The number of ether oxygens (including phenoxy) is 1. The average molecular weight is 405 g/mol. The quantitative estimate of drug-likeness (QED) is 0.604. The van der Waals surface area contributed by atoms with E-state index in [-0.39, 0.29) is 12.0 Å². The van der Waals surface area contributed by atoms with Gasteiger partial charge in [-0.15, -0.1) is 0 Å². The normalized spacial score (nSPS) is 15.1. The van der Waals surface area contributed by atoms with E-state index in [0.29, 0.717) is 12.1 Å². The number of amides is 1. The maximum absolute atomic E-state index is 12.5. The third-order valence-electron chi connectivity index (χ3n) is 5.43. The van der Waals surface area contributed by atoms with Gasteiger partial charge >= 0.3 is 0 Å². The van der Waals surface area contributed by atoms with Crippen LogP contribution < -0.4 is 10.1 Å². The minimum Gasteiger partial charge on any atom is -0.490 e. The van der Waals surface area contributed by atoms with Gasteiger partial charge in [0.25, 0.3) is 5.91 Å². The van der Waals surface area contributed by atoms with Crippen molar-refractivity contribution in [2.24, 2.45) is 0 Å². The topological polar surface area (TPSA) is 70.2 Å². The summed E-state index contributed by atoms with van der Waals surface area (Å²) in [5.41, 5.74) is 2.99. The molecule has 0 radical (unpaired) electrons. The van der Waals surface area contributed by atoms with Crippen molar-refractivity contribution in [1.82, 2.24) is 20.4 Å². The third kappa shape index (κ3) is 5.70. The van der Waals surface area contributed by atoms with Crippen LogP contribution in [-0.4, -0.2) is 46.7 Å². The Labute approximate surface area is 177 Å². The first kappa shape index (κ1) is 20.2. The van der Waals surface area contributed by atoms with E-state index in [1.54, 1.807) is 6.20 Å². The van der Waals surface area contributed by atoms with Crippen LogP contribution in [0.1, 0.15) is 34.5 Å². The Balaban J connectivity index is 1.23. The lowest BCUT2D eigenvalue weighted by atomic mass is 10.1. The number of hydrogen-bond donors (Lipinski definition) is 2. The highest BCUT2D eigenvalue weighted by atomic mass is 16.5. The lowest BCUT2D eigenvalue weighted by molar-refractivity contribution is 0.0934. The molecule has 2 heterocycles. The van der Waals surface area contributed by atoms with Gasteiger partial charge < -0.3 is 10.1 Å². The summed E-state index contributed by atoms with van der Waals surface area (Å²) in [5, 5.41) is 10.0. The van der Waals surface area contributed by atoms with Crippen molar-refractivity contribution in [1.29, 1.82) is 0 Å². The van der Waals surface area contributed by atoms with Gasteiger partial charge in [0.2, 0.25) is 0 Å². The number of carbonyl (C=O) groups is 1. The van der Waals surface area contributed by atoms with E-state index < -0.39 is 0 Å². The van der Waals surface area contributed by atoms with E-state index in [0.717, 1.165) is 50.3 Å². The van der Waals surface area contributed by atoms with Gasteiger partial charge in [0.15, 0.2) is 0 Å². The predicted molar refractivity (Wildman–Crippen MR) is 116 cm³/mol. The van der Waals surface area contributed by atoms with Gasteiger partial charge in [-0.05, 0) is 49.1 Å². The minimum absolute atomic E-state index is 0.0641. The molecule has 6 heteroatoms. The molecule has 1 aliphatic heterocycles. The van der Waals surface area contributed by atoms with Crippen LogP contribution in [0.3, 0.4) is 0 Å². The first-order valence-corrected chi connectivity index (χ1v) is 10.6. The molecule has 30 heavy (non-hydrogen) atoms. The molecular formula is C24H28N4O2. The number of carbonyl (C=O) groups excluding carboxylic acids is 1. The van der Waals surface area contributed by atoms with Gasteiger partial charge in [-0.2, -0.15) is 5.10 Å². The van der Waals surface area contributed by atoms with Crippen molar-refractivity contribution in [3.05, 3.63) is 83.7 Å². The van der Waals surface area contributed by atoms with Crippen molar-refractivity contribution >= 4 is 5.91 Å². The van der Waals surface area contributed by atoms with Crippen LogP contribution in [0.25, 0.3) is 0 Å². The molecule has 3 aromatic rings. The van der Waals surface area contributed by atoms with Gasteiger partial charge in [0, 0.05) is 43.6 Å². The molecule has 4 rings (SSSR count). The molecule has 6 nitrogen and oxygen atoms in total. The van der Waals surface area contributed by atoms with Gasteiger partial charge in [-0.3, -0.25) is 14.8 Å². The number of hydrogen-bond acceptors (Lipinski definition) is 4. The summed E-state index contributed by atoms with van der Waals surface area (Å²) in [6.45, 7) is 3.49. The number of likely N-dealkylation sites (tertiary alicyclic amines) is 1. The van der Waals surface area contributed by atoms with Crippen LogP contribution in [0, 0.1) is 0 Å². The highest BCUT2D eigenvalue weighted by Gasteiger charge is 2.21. The monoisotopic (exact) mass is 404 g/mol. The van der Waals surface area contributed by atoms with Crippen molar-refractivity contribution in [2.45, 2.75) is 31.9 Å². The smallest absolute Gasteiger partial charge is 0.251 e. The third-order valence-corrected chi connectivity index (χ3v) is 5.43. The molecule has 0 bridgehead atoms.